The molecule has 0 saturated carbocycles. The van der Waals surface area contributed by atoms with E-state index in [0.29, 0.717) is 13.2 Å². The Morgan fingerprint density at radius 3 is 1.89 bits per heavy atom. The van der Waals surface area contributed by atoms with Gasteiger partial charge in [-0.05, 0) is 40.2 Å². The second kappa shape index (κ2) is 10.8. The van der Waals surface area contributed by atoms with Crippen LogP contribution in [0.2, 0.25) is 0 Å². The highest BCUT2D eigenvalue weighted by molar-refractivity contribution is 9.12. The average molecular weight is 396 g/mol. The molecule has 2 nitrogen and oxygen atoms in total. The molecule has 0 aromatic rings. The zero-order valence-electron chi connectivity index (χ0n) is 12.4. The molecule has 0 amide bonds. The molecule has 0 radical (unpaired) electrons. The molecule has 0 atom stereocenters. The smallest absolute Gasteiger partial charge is 0.184 e. The Labute approximate surface area is 134 Å². The molecule has 0 aliphatic carbocycles. The van der Waals surface area contributed by atoms with Crippen LogP contribution in [0.15, 0.2) is 32.3 Å². The molecule has 0 unspecified atom stereocenters. The molecule has 0 aliphatic rings. The maximum Gasteiger partial charge on any atom is 0.184 e. The summed E-state index contributed by atoms with van der Waals surface area (Å²) in [4.78, 5) is 0. The van der Waals surface area contributed by atoms with E-state index < -0.39 is 0 Å². The summed E-state index contributed by atoms with van der Waals surface area (Å²) in [5.41, 5.74) is 2.32. The van der Waals surface area contributed by atoms with Crippen LogP contribution in [0.3, 0.4) is 0 Å². The Morgan fingerprint density at radius 2 is 1.53 bits per heavy atom. The lowest BCUT2D eigenvalue weighted by Crippen LogP contribution is -2.19. The van der Waals surface area contributed by atoms with E-state index in [1.807, 2.05) is 32.9 Å². The van der Waals surface area contributed by atoms with Crippen LogP contribution in [0.4, 0.5) is 0 Å². The maximum absolute atomic E-state index is 5.63. The standard InChI is InChI=1S/C15H24Br2O2/c1-6-11(4)14(17)10-9-13(12(5)16)15(18-7-2)19-8-3/h9-10,15H,6-8H2,1-5H3/b10-9-,13-12-,14-11+. The van der Waals surface area contributed by atoms with Gasteiger partial charge >= 0.3 is 0 Å². The summed E-state index contributed by atoms with van der Waals surface area (Å²) in [6.07, 6.45) is 4.78. The largest absolute Gasteiger partial charge is 0.349 e. The lowest BCUT2D eigenvalue weighted by molar-refractivity contribution is -0.109. The Bertz CT molecular complexity index is 347. The first-order valence-electron chi connectivity index (χ1n) is 6.60. The quantitative estimate of drug-likeness (QED) is 0.388. The van der Waals surface area contributed by atoms with Crippen LogP contribution in [0.5, 0.6) is 0 Å². The van der Waals surface area contributed by atoms with Crippen molar-refractivity contribution in [3.63, 3.8) is 0 Å². The van der Waals surface area contributed by atoms with Crippen molar-refractivity contribution in [3.8, 4) is 0 Å². The van der Waals surface area contributed by atoms with E-state index in [1.54, 1.807) is 0 Å². The summed E-state index contributed by atoms with van der Waals surface area (Å²) >= 11 is 7.10. The zero-order valence-corrected chi connectivity index (χ0v) is 15.6. The topological polar surface area (TPSA) is 18.5 Å². The molecule has 0 heterocycles. The number of hydrogen-bond donors (Lipinski definition) is 0. The summed E-state index contributed by atoms with van der Waals surface area (Å²) in [6.45, 7) is 11.4. The van der Waals surface area contributed by atoms with Crippen molar-refractivity contribution >= 4 is 31.9 Å². The Morgan fingerprint density at radius 1 is 1.00 bits per heavy atom. The van der Waals surface area contributed by atoms with Gasteiger partial charge in [-0.3, -0.25) is 0 Å². The second-order valence-electron chi connectivity index (χ2n) is 4.05. The van der Waals surface area contributed by atoms with Crippen molar-refractivity contribution < 1.29 is 9.47 Å². The normalized spacial score (nSPS) is 14.9. The summed E-state index contributed by atoms with van der Waals surface area (Å²) < 4.78 is 13.4. The number of ether oxygens (including phenoxy) is 2. The third-order valence-corrected chi connectivity index (χ3v) is 4.03. The molecule has 0 fully saturated rings. The lowest BCUT2D eigenvalue weighted by Gasteiger charge is -2.19. The third kappa shape index (κ3) is 7.45. The lowest BCUT2D eigenvalue weighted by atomic mass is 10.2. The molecule has 4 heteroatoms. The number of halogens is 2. The molecular weight excluding hydrogens is 372 g/mol. The van der Waals surface area contributed by atoms with E-state index in [-0.39, 0.29) is 6.29 Å². The van der Waals surface area contributed by atoms with Gasteiger partial charge in [0.05, 0.1) is 0 Å². The van der Waals surface area contributed by atoms with Gasteiger partial charge in [0.1, 0.15) is 0 Å². The molecule has 0 N–H and O–H groups in total. The van der Waals surface area contributed by atoms with E-state index in [1.165, 1.54) is 5.57 Å². The monoisotopic (exact) mass is 394 g/mol. The SMILES string of the molecule is CCOC(OCC)C(/C=C\C(Br)=C(\C)CC)=C(/C)Br. The Kier molecular flexibility index (Phi) is 10.9. The predicted molar refractivity (Wildman–Crippen MR) is 89.7 cm³/mol. The molecule has 110 valence electrons. The Hall–Kier alpha value is 0.1000. The molecule has 0 aromatic carbocycles. The molecule has 19 heavy (non-hydrogen) atoms. The van der Waals surface area contributed by atoms with Crippen LogP contribution < -0.4 is 0 Å². The highest BCUT2D eigenvalue weighted by Gasteiger charge is 2.14. The third-order valence-electron chi connectivity index (χ3n) is 2.64. The number of hydrogen-bond acceptors (Lipinski definition) is 2. The summed E-state index contributed by atoms with van der Waals surface area (Å²) in [5, 5.41) is 0. The maximum atomic E-state index is 5.63. The fourth-order valence-corrected chi connectivity index (χ4v) is 2.09. The van der Waals surface area contributed by atoms with Gasteiger partial charge in [0.2, 0.25) is 0 Å². The predicted octanol–water partition coefficient (Wildman–Crippen LogP) is 5.69. The molecule has 0 saturated heterocycles. The van der Waals surface area contributed by atoms with Crippen LogP contribution in [0.1, 0.15) is 41.0 Å². The molecule has 0 rings (SSSR count). The summed E-state index contributed by atoms with van der Waals surface area (Å²) in [6, 6.07) is 0. The van der Waals surface area contributed by atoms with Gasteiger partial charge in [-0.25, -0.2) is 0 Å². The van der Waals surface area contributed by atoms with Crippen LogP contribution in [0, 0.1) is 0 Å². The minimum absolute atomic E-state index is 0.326. The highest BCUT2D eigenvalue weighted by Crippen LogP contribution is 2.23. The van der Waals surface area contributed by atoms with Gasteiger partial charge in [0.25, 0.3) is 0 Å². The van der Waals surface area contributed by atoms with Gasteiger partial charge in [-0.15, -0.1) is 0 Å². The van der Waals surface area contributed by atoms with Gasteiger partial charge in [-0.2, -0.15) is 0 Å². The van der Waals surface area contributed by atoms with Crippen molar-refractivity contribution in [2.24, 2.45) is 0 Å². The van der Waals surface area contributed by atoms with Gasteiger partial charge < -0.3 is 9.47 Å². The van der Waals surface area contributed by atoms with E-state index in [4.69, 9.17) is 9.47 Å². The van der Waals surface area contributed by atoms with Crippen LogP contribution in [-0.4, -0.2) is 19.5 Å². The number of rotatable bonds is 8. The van der Waals surface area contributed by atoms with Gasteiger partial charge in [-0.1, -0.05) is 50.4 Å². The van der Waals surface area contributed by atoms with Crippen molar-refractivity contribution in [1.29, 1.82) is 0 Å². The summed E-state index contributed by atoms with van der Waals surface area (Å²) in [5.74, 6) is 0. The first-order chi connectivity index (χ1) is 8.97. The van der Waals surface area contributed by atoms with E-state index in [2.05, 4.69) is 45.7 Å². The molecule has 0 spiro atoms. The van der Waals surface area contributed by atoms with Crippen molar-refractivity contribution in [2.45, 2.75) is 47.3 Å². The van der Waals surface area contributed by atoms with E-state index >= 15 is 0 Å². The van der Waals surface area contributed by atoms with Gasteiger partial charge in [0.15, 0.2) is 6.29 Å². The molecule has 0 aliphatic heterocycles. The van der Waals surface area contributed by atoms with Crippen LogP contribution in [0.25, 0.3) is 0 Å². The number of allylic oxidation sites excluding steroid dienone is 4. The first kappa shape index (κ1) is 19.1. The molecule has 0 aromatic heterocycles. The minimum atomic E-state index is -0.326. The second-order valence-corrected chi connectivity index (χ2v) is 6.09. The van der Waals surface area contributed by atoms with E-state index in [0.717, 1.165) is 21.0 Å². The van der Waals surface area contributed by atoms with Crippen LogP contribution in [-0.2, 0) is 9.47 Å². The summed E-state index contributed by atoms with van der Waals surface area (Å²) in [7, 11) is 0. The fourth-order valence-electron chi connectivity index (χ4n) is 1.36. The van der Waals surface area contributed by atoms with E-state index in [9.17, 15) is 0 Å². The molecular formula is C15H24Br2O2. The minimum Gasteiger partial charge on any atom is -0.349 e. The first-order valence-corrected chi connectivity index (χ1v) is 8.19. The Balaban J connectivity index is 5.14. The molecule has 0 bridgehead atoms. The highest BCUT2D eigenvalue weighted by atomic mass is 79.9. The van der Waals surface area contributed by atoms with Gasteiger partial charge in [0, 0.05) is 27.8 Å². The fraction of sp³-hybridized carbons (Fsp3) is 0.600. The van der Waals surface area contributed by atoms with Crippen molar-refractivity contribution in [2.75, 3.05) is 13.2 Å². The zero-order chi connectivity index (χ0) is 14.8. The average Bonchev–Trinajstić information content (AvgIpc) is 2.37. The van der Waals surface area contributed by atoms with Crippen molar-refractivity contribution in [3.05, 3.63) is 32.3 Å². The van der Waals surface area contributed by atoms with Crippen molar-refractivity contribution in [1.82, 2.24) is 0 Å². The van der Waals surface area contributed by atoms with Crippen LogP contribution >= 0.6 is 31.9 Å².